The largest absolute Gasteiger partial charge is 0.481 e. The van der Waals surface area contributed by atoms with Crippen molar-refractivity contribution in [1.82, 2.24) is 9.97 Å². The van der Waals surface area contributed by atoms with E-state index < -0.39 is 12.1 Å². The van der Waals surface area contributed by atoms with Crippen molar-refractivity contribution in [3.8, 4) is 0 Å². The second kappa shape index (κ2) is 6.71. The van der Waals surface area contributed by atoms with Crippen LogP contribution >= 0.6 is 0 Å². The zero-order chi connectivity index (χ0) is 15.4. The van der Waals surface area contributed by atoms with Crippen LogP contribution in [0.25, 0.3) is 0 Å². The highest BCUT2D eigenvalue weighted by Crippen LogP contribution is 2.26. The van der Waals surface area contributed by atoms with Gasteiger partial charge in [0.15, 0.2) is 0 Å². The molecule has 7 heteroatoms. The molecule has 1 fully saturated rings. The number of aliphatic hydroxyl groups excluding tert-OH is 1. The van der Waals surface area contributed by atoms with Crippen molar-refractivity contribution >= 4 is 17.6 Å². The Hall–Kier alpha value is -1.89. The predicted molar refractivity (Wildman–Crippen MR) is 79.3 cm³/mol. The van der Waals surface area contributed by atoms with E-state index in [-0.39, 0.29) is 5.92 Å². The summed E-state index contributed by atoms with van der Waals surface area (Å²) >= 11 is 0. The average Bonchev–Trinajstić information content (AvgIpc) is 2.44. The van der Waals surface area contributed by atoms with Crippen LogP contribution in [0.4, 0.5) is 11.6 Å². The Labute approximate surface area is 124 Å². The highest BCUT2D eigenvalue weighted by Gasteiger charge is 2.30. The maximum absolute atomic E-state index is 11.2. The molecule has 0 aliphatic carbocycles. The van der Waals surface area contributed by atoms with Crippen molar-refractivity contribution in [1.29, 1.82) is 0 Å². The molecule has 1 aliphatic heterocycles. The number of aliphatic hydroxyl groups is 1. The van der Waals surface area contributed by atoms with Gasteiger partial charge in [-0.25, -0.2) is 9.97 Å². The number of nitrogens with zero attached hydrogens (tertiary/aromatic N) is 3. The van der Waals surface area contributed by atoms with E-state index in [1.807, 2.05) is 4.90 Å². The molecule has 1 saturated heterocycles. The highest BCUT2D eigenvalue weighted by molar-refractivity contribution is 5.71. The standard InChI is InChI=1S/C14H22N4O3/c1-9-3-11(14(20)21)7-18(6-9)13-4-12(16-8-17-13)15-5-10(2)19/h4,8-11,19H,3,5-7H2,1-2H3,(H,20,21)(H,15,16,17). The van der Waals surface area contributed by atoms with Gasteiger partial charge in [-0.15, -0.1) is 0 Å². The van der Waals surface area contributed by atoms with Crippen molar-refractivity contribution < 1.29 is 15.0 Å². The Morgan fingerprint density at radius 3 is 2.95 bits per heavy atom. The SMILES string of the molecule is CC(O)CNc1cc(N2CC(C)CC(C(=O)O)C2)ncn1. The lowest BCUT2D eigenvalue weighted by atomic mass is 9.90. The number of carboxylic acids is 1. The van der Waals surface area contributed by atoms with Crippen molar-refractivity contribution in [2.24, 2.45) is 11.8 Å². The van der Waals surface area contributed by atoms with E-state index in [1.165, 1.54) is 6.33 Å². The molecule has 1 aromatic rings. The predicted octanol–water partition coefficient (Wildman–Crippen LogP) is 0.816. The molecule has 0 amide bonds. The number of carbonyl (C=O) groups is 1. The van der Waals surface area contributed by atoms with E-state index in [1.54, 1.807) is 13.0 Å². The molecule has 0 radical (unpaired) electrons. The third-order valence-corrected chi connectivity index (χ3v) is 3.56. The first-order valence-electron chi connectivity index (χ1n) is 7.17. The van der Waals surface area contributed by atoms with Gasteiger partial charge in [-0.1, -0.05) is 6.92 Å². The Morgan fingerprint density at radius 1 is 1.52 bits per heavy atom. The Bertz CT molecular complexity index is 495. The molecule has 21 heavy (non-hydrogen) atoms. The summed E-state index contributed by atoms with van der Waals surface area (Å²) in [6, 6.07) is 1.79. The number of hydrogen-bond donors (Lipinski definition) is 3. The number of piperidine rings is 1. The summed E-state index contributed by atoms with van der Waals surface area (Å²) in [7, 11) is 0. The maximum atomic E-state index is 11.2. The molecule has 1 aliphatic rings. The van der Waals surface area contributed by atoms with Gasteiger partial charge in [0.05, 0.1) is 12.0 Å². The topological polar surface area (TPSA) is 98.6 Å². The van der Waals surface area contributed by atoms with Crippen LogP contribution in [0, 0.1) is 11.8 Å². The Balaban J connectivity index is 2.09. The maximum Gasteiger partial charge on any atom is 0.308 e. The molecule has 7 nitrogen and oxygen atoms in total. The Kier molecular flexibility index (Phi) is 4.95. The van der Waals surface area contributed by atoms with Crippen LogP contribution < -0.4 is 10.2 Å². The molecule has 116 valence electrons. The van der Waals surface area contributed by atoms with Gasteiger partial charge in [0, 0.05) is 25.7 Å². The first-order valence-corrected chi connectivity index (χ1v) is 7.17. The van der Waals surface area contributed by atoms with Gasteiger partial charge in [0.2, 0.25) is 0 Å². The van der Waals surface area contributed by atoms with Gasteiger partial charge in [-0.3, -0.25) is 4.79 Å². The zero-order valence-corrected chi connectivity index (χ0v) is 12.4. The lowest BCUT2D eigenvalue weighted by Crippen LogP contribution is -2.43. The minimum atomic E-state index is -0.756. The summed E-state index contributed by atoms with van der Waals surface area (Å²) in [6.07, 6.45) is 1.69. The molecule has 0 spiro atoms. The molecule has 0 aromatic carbocycles. The fourth-order valence-electron chi connectivity index (χ4n) is 2.59. The van der Waals surface area contributed by atoms with Gasteiger partial charge in [0.25, 0.3) is 0 Å². The first-order chi connectivity index (χ1) is 9.95. The molecule has 0 saturated carbocycles. The third kappa shape index (κ3) is 4.29. The van der Waals surface area contributed by atoms with Crippen LogP contribution in [0.2, 0.25) is 0 Å². The molecule has 3 N–H and O–H groups in total. The summed E-state index contributed by atoms with van der Waals surface area (Å²) in [5, 5.41) is 21.5. The van der Waals surface area contributed by atoms with Crippen LogP contribution in [-0.2, 0) is 4.79 Å². The number of aliphatic carboxylic acids is 1. The smallest absolute Gasteiger partial charge is 0.308 e. The summed E-state index contributed by atoms with van der Waals surface area (Å²) in [5.41, 5.74) is 0. The van der Waals surface area contributed by atoms with Gasteiger partial charge >= 0.3 is 5.97 Å². The summed E-state index contributed by atoms with van der Waals surface area (Å²) in [5.74, 6) is 0.538. The molecule has 0 bridgehead atoms. The number of hydrogen-bond acceptors (Lipinski definition) is 6. The normalized spacial score (nSPS) is 23.7. The average molecular weight is 294 g/mol. The van der Waals surface area contributed by atoms with Crippen molar-refractivity contribution in [2.45, 2.75) is 26.4 Å². The number of aromatic nitrogens is 2. The highest BCUT2D eigenvalue weighted by atomic mass is 16.4. The molecular weight excluding hydrogens is 272 g/mol. The summed E-state index contributed by atoms with van der Waals surface area (Å²) < 4.78 is 0. The second-order valence-corrected chi connectivity index (χ2v) is 5.77. The molecule has 2 rings (SSSR count). The monoisotopic (exact) mass is 294 g/mol. The van der Waals surface area contributed by atoms with E-state index >= 15 is 0 Å². The molecular formula is C14H22N4O3. The second-order valence-electron chi connectivity index (χ2n) is 5.77. The fraction of sp³-hybridized carbons (Fsp3) is 0.643. The molecule has 1 aromatic heterocycles. The van der Waals surface area contributed by atoms with E-state index in [0.717, 1.165) is 12.4 Å². The van der Waals surface area contributed by atoms with E-state index in [9.17, 15) is 15.0 Å². The van der Waals surface area contributed by atoms with E-state index in [0.29, 0.717) is 31.2 Å². The third-order valence-electron chi connectivity index (χ3n) is 3.56. The lowest BCUT2D eigenvalue weighted by molar-refractivity contribution is -0.142. The van der Waals surface area contributed by atoms with E-state index in [4.69, 9.17) is 0 Å². The van der Waals surface area contributed by atoms with Crippen LogP contribution in [-0.4, -0.2) is 51.9 Å². The molecule has 3 unspecified atom stereocenters. The zero-order valence-electron chi connectivity index (χ0n) is 12.4. The van der Waals surface area contributed by atoms with Crippen molar-refractivity contribution in [3.63, 3.8) is 0 Å². The van der Waals surface area contributed by atoms with Gasteiger partial charge in [-0.05, 0) is 19.3 Å². The first kappa shape index (κ1) is 15.5. The quantitative estimate of drug-likeness (QED) is 0.739. The van der Waals surface area contributed by atoms with Gasteiger partial charge in [0.1, 0.15) is 18.0 Å². The molecule has 2 heterocycles. The fourth-order valence-corrected chi connectivity index (χ4v) is 2.59. The minimum Gasteiger partial charge on any atom is -0.481 e. The summed E-state index contributed by atoms with van der Waals surface area (Å²) in [6.45, 7) is 5.41. The van der Waals surface area contributed by atoms with Gasteiger partial charge < -0.3 is 20.4 Å². The summed E-state index contributed by atoms with van der Waals surface area (Å²) in [4.78, 5) is 21.6. The number of anilines is 2. The van der Waals surface area contributed by atoms with Crippen molar-refractivity contribution in [2.75, 3.05) is 29.9 Å². The van der Waals surface area contributed by atoms with E-state index in [2.05, 4.69) is 22.2 Å². The molecule has 3 atom stereocenters. The van der Waals surface area contributed by atoms with Crippen LogP contribution in [0.15, 0.2) is 12.4 Å². The number of rotatable bonds is 5. The van der Waals surface area contributed by atoms with Gasteiger partial charge in [-0.2, -0.15) is 0 Å². The van der Waals surface area contributed by atoms with Crippen LogP contribution in [0.3, 0.4) is 0 Å². The number of carboxylic acid groups (broad SMARTS) is 1. The van der Waals surface area contributed by atoms with Crippen LogP contribution in [0.5, 0.6) is 0 Å². The van der Waals surface area contributed by atoms with Crippen molar-refractivity contribution in [3.05, 3.63) is 12.4 Å². The van der Waals surface area contributed by atoms with Crippen LogP contribution in [0.1, 0.15) is 20.3 Å². The number of nitrogens with one attached hydrogen (secondary N) is 1. The lowest BCUT2D eigenvalue weighted by Gasteiger charge is -2.35. The minimum absolute atomic E-state index is 0.309. The Morgan fingerprint density at radius 2 is 2.29 bits per heavy atom.